The van der Waals surface area contributed by atoms with Gasteiger partial charge in [0.05, 0.1) is 0 Å². The Balaban J connectivity index is 2.25. The fraction of sp³-hybridized carbons (Fsp3) is 0.562. The lowest BCUT2D eigenvalue weighted by Gasteiger charge is -2.32. The number of hydrogen-bond donors (Lipinski definition) is 2. The first-order chi connectivity index (χ1) is 9.03. The number of carbonyl (C=O) groups excluding carboxylic acids is 1. The summed E-state index contributed by atoms with van der Waals surface area (Å²) in [5, 5.41) is 3.45. The standard InChI is InChI=1S/C16H24N2O/c1-12-6-5-10-16(11-9-12,15(17)19)18-14-8-4-3-7-13(14)2/h3-4,7-8,12,18H,5-6,9-11H2,1-2H3,(H2,17,19). The Bertz CT molecular complexity index is 458. The van der Waals surface area contributed by atoms with Crippen LogP contribution in [0.5, 0.6) is 0 Å². The number of para-hydroxylation sites is 1. The van der Waals surface area contributed by atoms with E-state index in [0.717, 1.165) is 36.9 Å². The van der Waals surface area contributed by atoms with Crippen molar-refractivity contribution < 1.29 is 4.79 Å². The third-order valence-electron chi connectivity index (χ3n) is 4.36. The van der Waals surface area contributed by atoms with Gasteiger partial charge >= 0.3 is 0 Å². The maximum absolute atomic E-state index is 12.0. The molecule has 0 radical (unpaired) electrons. The molecule has 104 valence electrons. The summed E-state index contributed by atoms with van der Waals surface area (Å²) < 4.78 is 0. The topological polar surface area (TPSA) is 55.1 Å². The maximum atomic E-state index is 12.0. The van der Waals surface area contributed by atoms with Crippen LogP contribution >= 0.6 is 0 Å². The van der Waals surface area contributed by atoms with Gasteiger partial charge in [0.1, 0.15) is 5.54 Å². The van der Waals surface area contributed by atoms with Crippen molar-refractivity contribution in [3.05, 3.63) is 29.8 Å². The van der Waals surface area contributed by atoms with Crippen LogP contribution in [0.15, 0.2) is 24.3 Å². The molecular formula is C16H24N2O. The summed E-state index contributed by atoms with van der Waals surface area (Å²) in [6.45, 7) is 4.31. The molecule has 3 heteroatoms. The molecule has 2 rings (SSSR count). The van der Waals surface area contributed by atoms with E-state index in [9.17, 15) is 4.79 Å². The number of amides is 1. The number of carbonyl (C=O) groups is 1. The van der Waals surface area contributed by atoms with E-state index in [1.165, 1.54) is 6.42 Å². The summed E-state index contributed by atoms with van der Waals surface area (Å²) in [4.78, 5) is 12.0. The number of nitrogens with two attached hydrogens (primary N) is 1. The van der Waals surface area contributed by atoms with Crippen LogP contribution in [0.1, 0.15) is 44.6 Å². The Morgan fingerprint density at radius 3 is 2.74 bits per heavy atom. The predicted molar refractivity (Wildman–Crippen MR) is 79.0 cm³/mol. The van der Waals surface area contributed by atoms with Crippen LogP contribution in [-0.2, 0) is 4.79 Å². The number of primary amides is 1. The minimum absolute atomic E-state index is 0.218. The highest BCUT2D eigenvalue weighted by Gasteiger charge is 2.38. The Kier molecular flexibility index (Phi) is 4.13. The van der Waals surface area contributed by atoms with Crippen molar-refractivity contribution in [2.24, 2.45) is 11.7 Å². The first kappa shape index (κ1) is 13.9. The zero-order chi connectivity index (χ0) is 13.9. The summed E-state index contributed by atoms with van der Waals surface area (Å²) in [7, 11) is 0. The molecule has 1 aromatic carbocycles. The van der Waals surface area contributed by atoms with Crippen LogP contribution in [0.4, 0.5) is 5.69 Å². The van der Waals surface area contributed by atoms with Gasteiger partial charge in [-0.3, -0.25) is 4.79 Å². The highest BCUT2D eigenvalue weighted by Crippen LogP contribution is 2.33. The molecule has 0 aromatic heterocycles. The van der Waals surface area contributed by atoms with Gasteiger partial charge < -0.3 is 11.1 Å². The molecule has 2 unspecified atom stereocenters. The quantitative estimate of drug-likeness (QED) is 0.820. The van der Waals surface area contributed by atoms with Crippen molar-refractivity contribution in [1.29, 1.82) is 0 Å². The molecule has 1 aliphatic rings. The van der Waals surface area contributed by atoms with Gasteiger partial charge in [-0.05, 0) is 43.7 Å². The Labute approximate surface area is 115 Å². The highest BCUT2D eigenvalue weighted by atomic mass is 16.1. The second kappa shape index (κ2) is 5.64. The number of hydrogen-bond acceptors (Lipinski definition) is 2. The van der Waals surface area contributed by atoms with Gasteiger partial charge in [-0.25, -0.2) is 0 Å². The summed E-state index contributed by atoms with van der Waals surface area (Å²) in [6.07, 6.45) is 4.97. The SMILES string of the molecule is Cc1ccccc1NC1(C(N)=O)CCCC(C)CC1. The highest BCUT2D eigenvalue weighted by molar-refractivity contribution is 5.88. The molecule has 2 atom stereocenters. The molecule has 0 bridgehead atoms. The lowest BCUT2D eigenvalue weighted by molar-refractivity contribution is -0.122. The van der Waals surface area contributed by atoms with E-state index in [4.69, 9.17) is 5.73 Å². The molecule has 1 fully saturated rings. The van der Waals surface area contributed by atoms with Crippen molar-refractivity contribution in [3.63, 3.8) is 0 Å². The Hall–Kier alpha value is -1.51. The van der Waals surface area contributed by atoms with E-state index in [0.29, 0.717) is 5.92 Å². The second-order valence-corrected chi connectivity index (χ2v) is 5.92. The van der Waals surface area contributed by atoms with Gasteiger partial charge in [0.25, 0.3) is 0 Å². The van der Waals surface area contributed by atoms with Gasteiger partial charge in [-0.1, -0.05) is 38.0 Å². The van der Waals surface area contributed by atoms with Gasteiger partial charge in [-0.2, -0.15) is 0 Å². The zero-order valence-electron chi connectivity index (χ0n) is 11.9. The van der Waals surface area contributed by atoms with E-state index < -0.39 is 5.54 Å². The molecule has 0 heterocycles. The molecular weight excluding hydrogens is 236 g/mol. The van der Waals surface area contributed by atoms with Crippen LogP contribution in [-0.4, -0.2) is 11.4 Å². The average Bonchev–Trinajstić information content (AvgIpc) is 2.56. The van der Waals surface area contributed by atoms with E-state index in [1.807, 2.05) is 18.2 Å². The lowest BCUT2D eigenvalue weighted by Crippen LogP contribution is -2.50. The van der Waals surface area contributed by atoms with Crippen LogP contribution < -0.4 is 11.1 Å². The Morgan fingerprint density at radius 2 is 2.05 bits per heavy atom. The number of benzene rings is 1. The first-order valence-electron chi connectivity index (χ1n) is 7.17. The molecule has 19 heavy (non-hydrogen) atoms. The molecule has 1 saturated carbocycles. The second-order valence-electron chi connectivity index (χ2n) is 5.92. The fourth-order valence-corrected chi connectivity index (χ4v) is 2.92. The molecule has 1 aliphatic carbocycles. The molecule has 0 saturated heterocycles. The summed E-state index contributed by atoms with van der Waals surface area (Å²) >= 11 is 0. The fourth-order valence-electron chi connectivity index (χ4n) is 2.92. The van der Waals surface area contributed by atoms with Crippen molar-refractivity contribution >= 4 is 11.6 Å². The zero-order valence-corrected chi connectivity index (χ0v) is 11.9. The molecule has 1 amide bonds. The molecule has 1 aromatic rings. The van der Waals surface area contributed by atoms with Crippen LogP contribution in [0.3, 0.4) is 0 Å². The third kappa shape index (κ3) is 3.09. The largest absolute Gasteiger partial charge is 0.371 e. The number of nitrogens with one attached hydrogen (secondary N) is 1. The van der Waals surface area contributed by atoms with Crippen molar-refractivity contribution in [2.45, 2.75) is 51.5 Å². The van der Waals surface area contributed by atoms with Crippen molar-refractivity contribution in [3.8, 4) is 0 Å². The smallest absolute Gasteiger partial charge is 0.243 e. The summed E-state index contributed by atoms with van der Waals surface area (Å²) in [5.74, 6) is 0.463. The minimum Gasteiger partial charge on any atom is -0.371 e. The lowest BCUT2D eigenvalue weighted by atomic mass is 9.88. The average molecular weight is 260 g/mol. The van der Waals surface area contributed by atoms with Gasteiger partial charge in [0.15, 0.2) is 0 Å². The first-order valence-corrected chi connectivity index (χ1v) is 7.17. The van der Waals surface area contributed by atoms with Gasteiger partial charge in [0, 0.05) is 5.69 Å². The van der Waals surface area contributed by atoms with Crippen LogP contribution in [0.2, 0.25) is 0 Å². The van der Waals surface area contributed by atoms with Crippen LogP contribution in [0, 0.1) is 12.8 Å². The summed E-state index contributed by atoms with van der Waals surface area (Å²) in [6, 6.07) is 8.07. The van der Waals surface area contributed by atoms with E-state index in [1.54, 1.807) is 0 Å². The summed E-state index contributed by atoms with van der Waals surface area (Å²) in [5.41, 5.74) is 7.32. The molecule has 0 spiro atoms. The number of rotatable bonds is 3. The minimum atomic E-state index is -0.573. The van der Waals surface area contributed by atoms with Crippen molar-refractivity contribution in [2.75, 3.05) is 5.32 Å². The van der Waals surface area contributed by atoms with E-state index in [-0.39, 0.29) is 5.91 Å². The van der Waals surface area contributed by atoms with E-state index in [2.05, 4.69) is 25.2 Å². The third-order valence-corrected chi connectivity index (χ3v) is 4.36. The van der Waals surface area contributed by atoms with E-state index >= 15 is 0 Å². The molecule has 3 nitrogen and oxygen atoms in total. The van der Waals surface area contributed by atoms with Crippen molar-refractivity contribution in [1.82, 2.24) is 0 Å². The predicted octanol–water partition coefficient (Wildman–Crippen LogP) is 3.23. The van der Waals surface area contributed by atoms with Gasteiger partial charge in [-0.15, -0.1) is 0 Å². The number of anilines is 1. The van der Waals surface area contributed by atoms with Gasteiger partial charge in [0.2, 0.25) is 5.91 Å². The van der Waals surface area contributed by atoms with Crippen LogP contribution in [0.25, 0.3) is 0 Å². The Morgan fingerprint density at radius 1 is 1.32 bits per heavy atom. The molecule has 3 N–H and O–H groups in total. The molecule has 0 aliphatic heterocycles. The number of aryl methyl sites for hydroxylation is 1. The normalized spacial score (nSPS) is 27.6. The maximum Gasteiger partial charge on any atom is 0.243 e. The monoisotopic (exact) mass is 260 g/mol.